The van der Waals surface area contributed by atoms with Crippen molar-refractivity contribution in [3.8, 4) is 11.4 Å². The Morgan fingerprint density at radius 1 is 0.857 bits per heavy atom. The minimum absolute atomic E-state index is 0.0565. The third-order valence-corrected chi connectivity index (χ3v) is 7.66. The number of carbonyl (C=O) groups is 2. The Balaban J connectivity index is 1.23. The van der Waals surface area contributed by atoms with Gasteiger partial charge in [-0.15, -0.1) is 0 Å². The second kappa shape index (κ2) is 10.6. The van der Waals surface area contributed by atoms with Crippen molar-refractivity contribution in [2.24, 2.45) is 17.8 Å². The van der Waals surface area contributed by atoms with Crippen molar-refractivity contribution < 1.29 is 9.59 Å². The van der Waals surface area contributed by atoms with Crippen LogP contribution < -0.4 is 10.6 Å². The van der Waals surface area contributed by atoms with Crippen molar-refractivity contribution >= 4 is 34.4 Å². The van der Waals surface area contributed by atoms with Crippen molar-refractivity contribution in [2.45, 2.75) is 71.1 Å². The van der Waals surface area contributed by atoms with Gasteiger partial charge in [0.25, 0.3) is 0 Å². The molecule has 3 N–H and O–H groups in total. The highest BCUT2D eigenvalue weighted by Gasteiger charge is 2.25. The summed E-state index contributed by atoms with van der Waals surface area (Å²) in [6.07, 6.45) is 12.5. The highest BCUT2D eigenvalue weighted by Crippen LogP contribution is 2.30. The zero-order valence-electron chi connectivity index (χ0n) is 20.5. The topological polar surface area (TPSA) is 99.8 Å². The fourth-order valence-electron chi connectivity index (χ4n) is 5.36. The van der Waals surface area contributed by atoms with Gasteiger partial charge in [-0.25, -0.2) is 9.97 Å². The molecule has 0 spiro atoms. The molecule has 2 saturated carbocycles. The van der Waals surface area contributed by atoms with Gasteiger partial charge in [-0.2, -0.15) is 0 Å². The van der Waals surface area contributed by atoms with Gasteiger partial charge in [0.1, 0.15) is 11.6 Å². The fourth-order valence-corrected chi connectivity index (χ4v) is 5.36. The van der Waals surface area contributed by atoms with Crippen LogP contribution in [0.2, 0.25) is 0 Å². The molecule has 2 fully saturated rings. The average molecular weight is 474 g/mol. The van der Waals surface area contributed by atoms with Crippen LogP contribution in [-0.4, -0.2) is 26.8 Å². The average Bonchev–Trinajstić information content (AvgIpc) is 3.09. The molecule has 5 rings (SSSR count). The Labute approximate surface area is 206 Å². The lowest BCUT2D eigenvalue weighted by Gasteiger charge is -2.25. The van der Waals surface area contributed by atoms with Crippen LogP contribution >= 0.6 is 0 Å². The number of hydrogen-bond acceptors (Lipinski definition) is 4. The number of nitrogens with one attached hydrogen (secondary N) is 3. The molecule has 2 aromatic heterocycles. The highest BCUT2D eigenvalue weighted by atomic mass is 16.2. The van der Waals surface area contributed by atoms with Gasteiger partial charge in [-0.05, 0) is 68.7 Å². The highest BCUT2D eigenvalue weighted by molar-refractivity contribution is 5.94. The van der Waals surface area contributed by atoms with Crippen LogP contribution in [0.5, 0.6) is 0 Å². The largest absolute Gasteiger partial charge is 0.337 e. The third-order valence-electron chi connectivity index (χ3n) is 7.66. The molecule has 1 aromatic carbocycles. The molecule has 3 aromatic rings. The van der Waals surface area contributed by atoms with E-state index < -0.39 is 0 Å². The lowest BCUT2D eigenvalue weighted by Crippen LogP contribution is -2.26. The lowest BCUT2D eigenvalue weighted by molar-refractivity contribution is -0.121. The number of aromatic nitrogens is 3. The van der Waals surface area contributed by atoms with Crippen LogP contribution in [0.25, 0.3) is 22.4 Å². The number of pyridine rings is 1. The molecular formula is C28H35N5O2. The molecular weight excluding hydrogens is 438 g/mol. The van der Waals surface area contributed by atoms with Crippen LogP contribution in [0.3, 0.4) is 0 Å². The van der Waals surface area contributed by atoms with Gasteiger partial charge in [-0.3, -0.25) is 9.59 Å². The van der Waals surface area contributed by atoms with Crippen LogP contribution in [0.4, 0.5) is 11.5 Å². The lowest BCUT2D eigenvalue weighted by atomic mass is 9.82. The van der Waals surface area contributed by atoms with Crippen molar-refractivity contribution in [3.05, 3.63) is 36.5 Å². The van der Waals surface area contributed by atoms with E-state index >= 15 is 0 Å². The minimum Gasteiger partial charge on any atom is -0.337 e. The van der Waals surface area contributed by atoms with Gasteiger partial charge in [-0.1, -0.05) is 32.6 Å². The van der Waals surface area contributed by atoms with Gasteiger partial charge >= 0.3 is 0 Å². The summed E-state index contributed by atoms with van der Waals surface area (Å²) < 4.78 is 0. The number of nitrogens with zero attached hydrogens (tertiary/aromatic N) is 2. The summed E-state index contributed by atoms with van der Waals surface area (Å²) in [6.45, 7) is 2.25. The van der Waals surface area contributed by atoms with Gasteiger partial charge < -0.3 is 15.6 Å². The molecule has 184 valence electrons. The Hall–Kier alpha value is -3.22. The molecule has 0 aliphatic heterocycles. The molecule has 7 nitrogen and oxygen atoms in total. The number of amides is 2. The summed E-state index contributed by atoms with van der Waals surface area (Å²) in [7, 11) is 0. The Kier molecular flexibility index (Phi) is 7.11. The number of fused-ring (bicyclic) bond motifs is 1. The van der Waals surface area contributed by atoms with Crippen LogP contribution in [0, 0.1) is 17.8 Å². The van der Waals surface area contributed by atoms with Gasteiger partial charge in [0, 0.05) is 29.2 Å². The summed E-state index contributed by atoms with van der Waals surface area (Å²) in [5.74, 6) is 2.36. The maximum Gasteiger partial charge on any atom is 0.228 e. The van der Waals surface area contributed by atoms with Crippen LogP contribution in [0.15, 0.2) is 36.5 Å². The smallest absolute Gasteiger partial charge is 0.228 e. The van der Waals surface area contributed by atoms with E-state index in [9.17, 15) is 9.59 Å². The molecule has 7 heteroatoms. The summed E-state index contributed by atoms with van der Waals surface area (Å²) in [6, 6.07) is 9.58. The van der Waals surface area contributed by atoms with E-state index in [4.69, 9.17) is 4.98 Å². The number of benzene rings is 1. The monoisotopic (exact) mass is 473 g/mol. The molecule has 2 amide bonds. The van der Waals surface area contributed by atoms with Gasteiger partial charge in [0.05, 0.1) is 17.2 Å². The summed E-state index contributed by atoms with van der Waals surface area (Å²) >= 11 is 0. The maximum absolute atomic E-state index is 12.7. The number of anilines is 2. The van der Waals surface area contributed by atoms with Gasteiger partial charge in [0.15, 0.2) is 0 Å². The van der Waals surface area contributed by atoms with E-state index in [0.717, 1.165) is 79.5 Å². The molecule has 2 heterocycles. The number of H-pyrrole nitrogens is 1. The molecule has 0 saturated heterocycles. The van der Waals surface area contributed by atoms with E-state index in [0.29, 0.717) is 11.7 Å². The number of aromatic amines is 1. The second-order valence-corrected chi connectivity index (χ2v) is 10.4. The first-order valence-corrected chi connectivity index (χ1v) is 13.1. The van der Waals surface area contributed by atoms with Crippen molar-refractivity contribution in [1.82, 2.24) is 15.0 Å². The van der Waals surface area contributed by atoms with E-state index in [2.05, 4.69) is 27.5 Å². The van der Waals surface area contributed by atoms with Crippen molar-refractivity contribution in [2.75, 3.05) is 10.6 Å². The molecule has 0 bridgehead atoms. The Morgan fingerprint density at radius 3 is 2.23 bits per heavy atom. The molecule has 35 heavy (non-hydrogen) atoms. The zero-order chi connectivity index (χ0) is 24.2. The van der Waals surface area contributed by atoms with E-state index in [-0.39, 0.29) is 23.7 Å². The van der Waals surface area contributed by atoms with Gasteiger partial charge in [0.2, 0.25) is 11.8 Å². The third kappa shape index (κ3) is 5.72. The summed E-state index contributed by atoms with van der Waals surface area (Å²) in [5.41, 5.74) is 3.31. The normalized spacial score (nSPS) is 21.4. The second-order valence-electron chi connectivity index (χ2n) is 10.4. The van der Waals surface area contributed by atoms with E-state index in [1.807, 2.05) is 30.3 Å². The predicted octanol–water partition coefficient (Wildman–Crippen LogP) is 6.30. The Morgan fingerprint density at radius 2 is 1.51 bits per heavy atom. The zero-order valence-corrected chi connectivity index (χ0v) is 20.5. The quantitative estimate of drug-likeness (QED) is 0.379. The first-order valence-electron chi connectivity index (χ1n) is 13.1. The van der Waals surface area contributed by atoms with Crippen molar-refractivity contribution in [3.63, 3.8) is 0 Å². The Bertz CT molecular complexity index is 1170. The van der Waals surface area contributed by atoms with Crippen molar-refractivity contribution in [1.29, 1.82) is 0 Å². The molecule has 0 unspecified atom stereocenters. The standard InChI is InChI=1S/C28H35N5O2/c1-18-8-10-21(11-9-18)28(35)33-25-16-23-24(17-29-25)32-26(31-23)19-12-14-22(15-13-19)30-27(34)20-6-4-2-3-5-7-20/h12-18,20-21H,2-11H2,1H3,(H,30,34)(H,31,32)(H,29,33,35). The van der Waals surface area contributed by atoms with E-state index in [1.165, 1.54) is 12.8 Å². The van der Waals surface area contributed by atoms with Crippen LogP contribution in [0.1, 0.15) is 71.1 Å². The molecule has 2 aliphatic carbocycles. The minimum atomic E-state index is 0.0565. The summed E-state index contributed by atoms with van der Waals surface area (Å²) in [4.78, 5) is 37.7. The fraction of sp³-hybridized carbons (Fsp3) is 0.500. The van der Waals surface area contributed by atoms with E-state index in [1.54, 1.807) is 6.20 Å². The first kappa shape index (κ1) is 23.5. The number of carbonyl (C=O) groups excluding carboxylic acids is 2. The molecule has 2 aliphatic rings. The maximum atomic E-state index is 12.7. The SMILES string of the molecule is CC1CCC(C(=O)Nc2cc3nc(-c4ccc(NC(=O)C5CCCCCC5)cc4)[nH]c3cn2)CC1. The van der Waals surface area contributed by atoms with Crippen LogP contribution in [-0.2, 0) is 9.59 Å². The number of hydrogen-bond donors (Lipinski definition) is 3. The number of imidazole rings is 1. The number of rotatable bonds is 5. The molecule has 0 atom stereocenters. The summed E-state index contributed by atoms with van der Waals surface area (Å²) in [5, 5.41) is 6.06. The first-order chi connectivity index (χ1) is 17.0. The molecule has 0 radical (unpaired) electrons. The predicted molar refractivity (Wildman–Crippen MR) is 139 cm³/mol.